The first-order chi connectivity index (χ1) is 12.6. The highest BCUT2D eigenvalue weighted by Crippen LogP contribution is 2.21. The van der Waals surface area contributed by atoms with Gasteiger partial charge in [-0.2, -0.15) is 4.72 Å². The summed E-state index contributed by atoms with van der Waals surface area (Å²) in [5, 5.41) is 0. The highest BCUT2D eigenvalue weighted by atomic mass is 32.2. The predicted octanol–water partition coefficient (Wildman–Crippen LogP) is 1.63. The molecule has 27 heavy (non-hydrogen) atoms. The molecule has 1 fully saturated rings. The number of likely N-dealkylation sites (tertiary alicyclic amines) is 1. The van der Waals surface area contributed by atoms with Crippen LogP contribution < -0.4 is 4.72 Å². The van der Waals surface area contributed by atoms with Crippen LogP contribution in [0, 0.1) is 25.7 Å². The summed E-state index contributed by atoms with van der Waals surface area (Å²) in [6.45, 7) is 8.29. The van der Waals surface area contributed by atoms with Crippen LogP contribution in [0.2, 0.25) is 0 Å². The minimum atomic E-state index is -3.81. The number of hydrogen-bond acceptors (Lipinski definition) is 5. The van der Waals surface area contributed by atoms with E-state index in [4.69, 9.17) is 4.74 Å². The second-order valence-electron chi connectivity index (χ2n) is 7.48. The van der Waals surface area contributed by atoms with E-state index in [1.54, 1.807) is 17.0 Å². The molecule has 1 heterocycles. The molecule has 1 aromatic carbocycles. The number of nitrogens with one attached hydrogen (secondary N) is 1. The van der Waals surface area contributed by atoms with E-state index in [1.165, 1.54) is 6.07 Å². The zero-order valence-corrected chi connectivity index (χ0v) is 17.1. The van der Waals surface area contributed by atoms with Crippen molar-refractivity contribution in [3.05, 3.63) is 29.3 Å². The summed E-state index contributed by atoms with van der Waals surface area (Å²) in [5.74, 6) is -0.205. The monoisotopic (exact) mass is 396 g/mol. The Balaban J connectivity index is 1.83. The molecule has 2 unspecified atom stereocenters. The normalized spacial score (nSPS) is 20.4. The number of rotatable bonds is 6. The number of aryl methyl sites for hydroxylation is 2. The van der Waals surface area contributed by atoms with Crippen LogP contribution in [0.4, 0.5) is 0 Å². The molecule has 0 aliphatic carbocycles. The molecule has 0 radical (unpaired) electrons. The molecule has 7 nitrogen and oxygen atoms in total. The Labute approximate surface area is 161 Å². The Kier molecular flexibility index (Phi) is 7.00. The molecule has 150 valence electrons. The Bertz CT molecular complexity index is 796. The van der Waals surface area contributed by atoms with E-state index in [-0.39, 0.29) is 17.4 Å². The topological polar surface area (TPSA) is 92.8 Å². The summed E-state index contributed by atoms with van der Waals surface area (Å²) < 4.78 is 31.7. The zero-order valence-electron chi connectivity index (χ0n) is 16.3. The van der Waals surface area contributed by atoms with E-state index in [1.807, 2.05) is 13.8 Å². The maximum absolute atomic E-state index is 12.3. The van der Waals surface area contributed by atoms with Crippen LogP contribution in [-0.4, -0.2) is 51.4 Å². The van der Waals surface area contributed by atoms with Crippen molar-refractivity contribution < 1.29 is 22.7 Å². The molecule has 2 rings (SSSR count). The largest absolute Gasteiger partial charge is 0.455 e. The van der Waals surface area contributed by atoms with E-state index in [0.29, 0.717) is 24.9 Å². The maximum Gasteiger partial charge on any atom is 0.321 e. The summed E-state index contributed by atoms with van der Waals surface area (Å²) in [4.78, 5) is 25.8. The van der Waals surface area contributed by atoms with Gasteiger partial charge >= 0.3 is 5.97 Å². The average molecular weight is 397 g/mol. The molecular formula is C19H28N2O5S. The Hall–Kier alpha value is -1.93. The number of hydrogen-bond donors (Lipinski definition) is 1. The smallest absolute Gasteiger partial charge is 0.321 e. The molecule has 1 aromatic rings. The summed E-state index contributed by atoms with van der Waals surface area (Å²) in [6.07, 6.45) is 1.07. The Morgan fingerprint density at radius 2 is 1.78 bits per heavy atom. The van der Waals surface area contributed by atoms with Crippen molar-refractivity contribution in [2.24, 2.45) is 11.8 Å². The first-order valence-electron chi connectivity index (χ1n) is 9.09. The van der Waals surface area contributed by atoms with Gasteiger partial charge < -0.3 is 9.64 Å². The van der Waals surface area contributed by atoms with Crippen LogP contribution in [0.25, 0.3) is 0 Å². The number of sulfonamides is 1. The molecule has 0 spiro atoms. The zero-order chi connectivity index (χ0) is 20.2. The molecule has 0 aromatic heterocycles. The molecule has 0 bridgehead atoms. The van der Waals surface area contributed by atoms with Gasteiger partial charge in [0.25, 0.3) is 5.91 Å². The predicted molar refractivity (Wildman–Crippen MR) is 102 cm³/mol. The van der Waals surface area contributed by atoms with Gasteiger partial charge in [-0.05, 0) is 55.4 Å². The third-order valence-corrected chi connectivity index (χ3v) is 6.17. The lowest BCUT2D eigenvalue weighted by atomic mass is 9.92. The number of ether oxygens (including phenoxy) is 1. The number of esters is 1. The molecule has 1 aliphatic heterocycles. The van der Waals surface area contributed by atoms with Gasteiger partial charge in [0, 0.05) is 13.1 Å². The number of piperidine rings is 1. The van der Waals surface area contributed by atoms with Gasteiger partial charge in [0.05, 0.1) is 4.90 Å². The number of amides is 1. The lowest BCUT2D eigenvalue weighted by Gasteiger charge is -2.34. The van der Waals surface area contributed by atoms with Crippen molar-refractivity contribution in [3.63, 3.8) is 0 Å². The Morgan fingerprint density at radius 3 is 2.37 bits per heavy atom. The fraction of sp³-hybridized carbons (Fsp3) is 0.579. The molecule has 8 heteroatoms. The molecule has 0 saturated carbocycles. The molecule has 1 N–H and O–H groups in total. The van der Waals surface area contributed by atoms with Gasteiger partial charge in [-0.25, -0.2) is 8.42 Å². The second kappa shape index (κ2) is 8.84. The van der Waals surface area contributed by atoms with Crippen molar-refractivity contribution in [2.45, 2.75) is 39.0 Å². The minimum Gasteiger partial charge on any atom is -0.455 e. The Morgan fingerprint density at radius 1 is 1.15 bits per heavy atom. The summed E-state index contributed by atoms with van der Waals surface area (Å²) in [7, 11) is -3.81. The van der Waals surface area contributed by atoms with Crippen molar-refractivity contribution in [2.75, 3.05) is 26.2 Å². The van der Waals surface area contributed by atoms with Crippen LogP contribution in [0.3, 0.4) is 0 Å². The van der Waals surface area contributed by atoms with Crippen LogP contribution in [-0.2, 0) is 24.3 Å². The number of benzene rings is 1. The summed E-state index contributed by atoms with van der Waals surface area (Å²) in [6, 6.07) is 4.74. The van der Waals surface area contributed by atoms with Gasteiger partial charge in [0.2, 0.25) is 10.0 Å². The van der Waals surface area contributed by atoms with Gasteiger partial charge in [0.15, 0.2) is 6.61 Å². The van der Waals surface area contributed by atoms with E-state index in [2.05, 4.69) is 18.6 Å². The van der Waals surface area contributed by atoms with Crippen molar-refractivity contribution in [3.8, 4) is 0 Å². The van der Waals surface area contributed by atoms with Gasteiger partial charge in [0.1, 0.15) is 6.54 Å². The highest BCUT2D eigenvalue weighted by molar-refractivity contribution is 7.89. The fourth-order valence-corrected chi connectivity index (χ4v) is 4.32. The molecular weight excluding hydrogens is 368 g/mol. The van der Waals surface area contributed by atoms with Crippen LogP contribution in [0.15, 0.2) is 23.1 Å². The van der Waals surface area contributed by atoms with E-state index in [0.717, 1.165) is 17.5 Å². The number of carbonyl (C=O) groups excluding carboxylic acids is 2. The van der Waals surface area contributed by atoms with Crippen LogP contribution >= 0.6 is 0 Å². The first kappa shape index (κ1) is 21.4. The number of nitrogens with zero attached hydrogens (tertiary/aromatic N) is 1. The van der Waals surface area contributed by atoms with Gasteiger partial charge in [-0.3, -0.25) is 9.59 Å². The fourth-order valence-electron chi connectivity index (χ4n) is 3.27. The third-order valence-electron chi connectivity index (χ3n) is 4.77. The van der Waals surface area contributed by atoms with Crippen molar-refractivity contribution in [1.29, 1.82) is 0 Å². The van der Waals surface area contributed by atoms with Gasteiger partial charge in [-0.1, -0.05) is 19.9 Å². The molecule has 1 amide bonds. The minimum absolute atomic E-state index is 0.0887. The first-order valence-corrected chi connectivity index (χ1v) is 10.6. The lowest BCUT2D eigenvalue weighted by Crippen LogP contribution is -2.44. The van der Waals surface area contributed by atoms with Crippen molar-refractivity contribution in [1.82, 2.24) is 9.62 Å². The summed E-state index contributed by atoms with van der Waals surface area (Å²) >= 11 is 0. The van der Waals surface area contributed by atoms with Crippen LogP contribution in [0.5, 0.6) is 0 Å². The summed E-state index contributed by atoms with van der Waals surface area (Å²) in [5.41, 5.74) is 1.82. The lowest BCUT2D eigenvalue weighted by molar-refractivity contribution is -0.152. The highest BCUT2D eigenvalue weighted by Gasteiger charge is 2.26. The maximum atomic E-state index is 12.3. The van der Waals surface area contributed by atoms with Crippen molar-refractivity contribution >= 4 is 21.9 Å². The number of carbonyl (C=O) groups is 2. The molecule has 1 aliphatic rings. The molecule has 1 saturated heterocycles. The van der Waals surface area contributed by atoms with E-state index >= 15 is 0 Å². The quantitative estimate of drug-likeness (QED) is 0.738. The SMILES string of the molecule is Cc1ccc(S(=O)(=O)NCC(=O)OCC(=O)N2CC(C)CC(C)C2)cc1C. The average Bonchev–Trinajstić information content (AvgIpc) is 2.59. The third kappa shape index (κ3) is 6.04. The second-order valence-corrected chi connectivity index (χ2v) is 9.24. The molecule has 2 atom stereocenters. The van der Waals surface area contributed by atoms with Crippen LogP contribution in [0.1, 0.15) is 31.4 Å². The van der Waals surface area contributed by atoms with E-state index < -0.39 is 22.5 Å². The van der Waals surface area contributed by atoms with E-state index in [9.17, 15) is 18.0 Å². The van der Waals surface area contributed by atoms with Gasteiger partial charge in [-0.15, -0.1) is 0 Å². The standard InChI is InChI=1S/C19H28N2O5S/c1-13-7-14(2)11-21(10-13)18(22)12-26-19(23)9-20-27(24,25)17-6-5-15(3)16(4)8-17/h5-6,8,13-14,20H,7,9-12H2,1-4H3.